The van der Waals surface area contributed by atoms with Gasteiger partial charge in [0.15, 0.2) is 0 Å². The Bertz CT molecular complexity index is 899. The molecule has 0 spiro atoms. The van der Waals surface area contributed by atoms with Gasteiger partial charge in [-0.3, -0.25) is 0 Å². The summed E-state index contributed by atoms with van der Waals surface area (Å²) in [6.07, 6.45) is 6.64. The van der Waals surface area contributed by atoms with Crippen LogP contribution in [0.5, 0.6) is 0 Å². The lowest BCUT2D eigenvalue weighted by Gasteiger charge is -2.42. The molecule has 3 heterocycles. The van der Waals surface area contributed by atoms with Crippen molar-refractivity contribution in [3.05, 3.63) is 54.0 Å². The van der Waals surface area contributed by atoms with Crippen molar-refractivity contribution in [1.82, 2.24) is 19.8 Å². The first-order valence-corrected chi connectivity index (χ1v) is 9.24. The number of nitrogens with zero attached hydrogens (tertiary/aromatic N) is 5. The predicted molar refractivity (Wildman–Crippen MR) is 98.0 cm³/mol. The molecule has 3 aromatic rings. The number of rotatable bonds is 3. The molecule has 1 aliphatic carbocycles. The second-order valence-corrected chi connectivity index (χ2v) is 7.78. The molecule has 5 nitrogen and oxygen atoms in total. The van der Waals surface area contributed by atoms with Crippen LogP contribution in [0.25, 0.3) is 5.65 Å². The molecular formula is C20H23N5. The van der Waals surface area contributed by atoms with Crippen LogP contribution in [0.1, 0.15) is 49.8 Å². The quantitative estimate of drug-likeness (QED) is 0.735. The molecule has 5 rings (SSSR count). The van der Waals surface area contributed by atoms with Crippen LogP contribution in [-0.4, -0.2) is 32.9 Å². The van der Waals surface area contributed by atoms with E-state index in [9.17, 15) is 0 Å². The van der Waals surface area contributed by atoms with Gasteiger partial charge >= 0.3 is 0 Å². The Labute approximate surface area is 147 Å². The molecule has 2 aromatic heterocycles. The number of benzene rings is 1. The minimum atomic E-state index is 0.166. The van der Waals surface area contributed by atoms with Gasteiger partial charge in [-0.05, 0) is 37.3 Å². The van der Waals surface area contributed by atoms with Crippen LogP contribution in [0, 0.1) is 0 Å². The van der Waals surface area contributed by atoms with Crippen molar-refractivity contribution in [2.45, 2.75) is 43.9 Å². The van der Waals surface area contributed by atoms with Crippen molar-refractivity contribution in [2.75, 3.05) is 18.0 Å². The molecule has 0 amide bonds. The van der Waals surface area contributed by atoms with Gasteiger partial charge in [0.25, 0.3) is 0 Å². The monoisotopic (exact) mass is 333 g/mol. The first-order chi connectivity index (χ1) is 12.2. The van der Waals surface area contributed by atoms with Crippen LogP contribution >= 0.6 is 0 Å². The highest BCUT2D eigenvalue weighted by Gasteiger charge is 2.34. The number of anilines is 1. The second kappa shape index (κ2) is 5.55. The third kappa shape index (κ3) is 2.58. The summed E-state index contributed by atoms with van der Waals surface area (Å²) >= 11 is 0. The summed E-state index contributed by atoms with van der Waals surface area (Å²) in [4.78, 5) is 2.49. The molecule has 1 aliphatic heterocycles. The molecule has 1 aromatic carbocycles. The number of fused-ring (bicyclic) bond motifs is 1. The maximum atomic E-state index is 4.71. The van der Waals surface area contributed by atoms with E-state index in [4.69, 9.17) is 5.10 Å². The van der Waals surface area contributed by atoms with E-state index in [2.05, 4.69) is 58.4 Å². The first kappa shape index (κ1) is 14.9. The Morgan fingerprint density at radius 3 is 2.80 bits per heavy atom. The lowest BCUT2D eigenvalue weighted by atomic mass is 9.76. The van der Waals surface area contributed by atoms with Crippen LogP contribution in [0.3, 0.4) is 0 Å². The Morgan fingerprint density at radius 1 is 1.16 bits per heavy atom. The zero-order valence-electron chi connectivity index (χ0n) is 14.6. The molecule has 0 radical (unpaired) electrons. The smallest absolute Gasteiger partial charge is 0.200 e. The molecular weight excluding hydrogens is 310 g/mol. The van der Waals surface area contributed by atoms with E-state index in [0.717, 1.165) is 18.7 Å². The molecule has 2 fully saturated rings. The number of hydrogen-bond donors (Lipinski definition) is 0. The van der Waals surface area contributed by atoms with Crippen molar-refractivity contribution >= 4 is 11.3 Å². The van der Waals surface area contributed by atoms with E-state index in [1.165, 1.54) is 42.6 Å². The number of piperidine rings is 1. The van der Waals surface area contributed by atoms with Gasteiger partial charge in [0.2, 0.25) is 5.65 Å². The third-order valence-corrected chi connectivity index (χ3v) is 5.77. The lowest BCUT2D eigenvalue weighted by molar-refractivity contribution is 0.373. The number of hydrogen-bond acceptors (Lipinski definition) is 4. The molecule has 0 bridgehead atoms. The van der Waals surface area contributed by atoms with Crippen molar-refractivity contribution in [1.29, 1.82) is 0 Å². The van der Waals surface area contributed by atoms with Crippen LogP contribution in [0.15, 0.2) is 42.7 Å². The van der Waals surface area contributed by atoms with E-state index in [1.54, 1.807) is 6.33 Å². The summed E-state index contributed by atoms with van der Waals surface area (Å²) in [5.74, 6) is 0.621. The summed E-state index contributed by atoms with van der Waals surface area (Å²) in [5, 5.41) is 13.2. The van der Waals surface area contributed by atoms with Crippen LogP contribution in [-0.2, 0) is 5.41 Å². The Hall–Kier alpha value is -2.43. The molecule has 1 saturated carbocycles. The zero-order valence-corrected chi connectivity index (χ0v) is 14.6. The maximum absolute atomic E-state index is 4.71. The summed E-state index contributed by atoms with van der Waals surface area (Å²) in [5.41, 5.74) is 4.85. The van der Waals surface area contributed by atoms with Gasteiger partial charge in [-0.1, -0.05) is 37.3 Å². The summed E-state index contributed by atoms with van der Waals surface area (Å²) in [6.45, 7) is 4.46. The van der Waals surface area contributed by atoms with Crippen LogP contribution < -0.4 is 4.90 Å². The molecule has 25 heavy (non-hydrogen) atoms. The standard InChI is InChI=1S/C20H23N5/c1-20(16-6-3-2-4-7-16)10-5-11-24(13-20)18-12-17(15-8-9-15)23-25-14-21-22-19(18)25/h2-4,6-7,12,14-15H,5,8-11,13H2,1H3. The third-order valence-electron chi connectivity index (χ3n) is 5.77. The number of aromatic nitrogens is 4. The normalized spacial score (nSPS) is 24.0. The largest absolute Gasteiger partial charge is 0.367 e. The lowest BCUT2D eigenvalue weighted by Crippen LogP contribution is -2.44. The molecule has 1 atom stereocenters. The van der Waals surface area contributed by atoms with Crippen molar-refractivity contribution in [3.8, 4) is 0 Å². The topological polar surface area (TPSA) is 46.3 Å². The van der Waals surface area contributed by atoms with Gasteiger partial charge in [-0.2, -0.15) is 9.61 Å². The SMILES string of the molecule is CC1(c2ccccc2)CCCN(c2cc(C3CC3)nn3cnnc23)C1. The summed E-state index contributed by atoms with van der Waals surface area (Å²) in [6, 6.07) is 13.2. The van der Waals surface area contributed by atoms with Gasteiger partial charge in [-0.15, -0.1) is 10.2 Å². The van der Waals surface area contributed by atoms with Crippen LogP contribution in [0.2, 0.25) is 0 Å². The fourth-order valence-corrected chi connectivity index (χ4v) is 4.16. The van der Waals surface area contributed by atoms with Crippen molar-refractivity contribution in [2.24, 2.45) is 0 Å². The van der Waals surface area contributed by atoms with E-state index in [1.807, 2.05) is 4.52 Å². The minimum Gasteiger partial charge on any atom is -0.367 e. The van der Waals surface area contributed by atoms with Gasteiger partial charge in [0.05, 0.1) is 11.4 Å². The summed E-state index contributed by atoms with van der Waals surface area (Å²) < 4.78 is 1.86. The van der Waals surface area contributed by atoms with E-state index in [0.29, 0.717) is 5.92 Å². The highest BCUT2D eigenvalue weighted by molar-refractivity contribution is 5.69. The molecule has 0 N–H and O–H groups in total. The molecule has 1 unspecified atom stereocenters. The average Bonchev–Trinajstić information content (AvgIpc) is 3.39. The van der Waals surface area contributed by atoms with Crippen molar-refractivity contribution in [3.63, 3.8) is 0 Å². The fraction of sp³-hybridized carbons (Fsp3) is 0.450. The fourth-order valence-electron chi connectivity index (χ4n) is 4.16. The Kier molecular flexibility index (Phi) is 3.30. The average molecular weight is 333 g/mol. The van der Waals surface area contributed by atoms with Crippen LogP contribution in [0.4, 0.5) is 5.69 Å². The van der Waals surface area contributed by atoms with E-state index >= 15 is 0 Å². The zero-order chi connectivity index (χ0) is 16.9. The van der Waals surface area contributed by atoms with Crippen molar-refractivity contribution < 1.29 is 0 Å². The van der Waals surface area contributed by atoms with Gasteiger partial charge < -0.3 is 4.90 Å². The second-order valence-electron chi connectivity index (χ2n) is 7.78. The summed E-state index contributed by atoms with van der Waals surface area (Å²) in [7, 11) is 0. The van der Waals surface area contributed by atoms with Gasteiger partial charge in [0.1, 0.15) is 6.33 Å². The van der Waals surface area contributed by atoms with E-state index in [-0.39, 0.29) is 5.41 Å². The maximum Gasteiger partial charge on any atom is 0.200 e. The highest BCUT2D eigenvalue weighted by atomic mass is 15.4. The predicted octanol–water partition coefficient (Wildman–Crippen LogP) is 3.56. The molecule has 128 valence electrons. The highest BCUT2D eigenvalue weighted by Crippen LogP contribution is 2.41. The molecule has 5 heteroatoms. The van der Waals surface area contributed by atoms with Gasteiger partial charge in [-0.25, -0.2) is 0 Å². The Balaban J connectivity index is 1.54. The first-order valence-electron chi connectivity index (χ1n) is 9.24. The van der Waals surface area contributed by atoms with Gasteiger partial charge in [0, 0.05) is 24.4 Å². The molecule has 2 aliphatic rings. The molecule has 1 saturated heterocycles. The van der Waals surface area contributed by atoms with E-state index < -0.39 is 0 Å². The Morgan fingerprint density at radius 2 is 2.00 bits per heavy atom. The minimum absolute atomic E-state index is 0.166.